The molecule has 0 aromatic carbocycles. The molecular weight excluding hydrogens is 363 g/mol. The summed E-state index contributed by atoms with van der Waals surface area (Å²) in [7, 11) is 0. The molecule has 150 valence electrons. The highest BCUT2D eigenvalue weighted by molar-refractivity contribution is 6.67. The van der Waals surface area contributed by atoms with E-state index in [2.05, 4.69) is 15.3 Å². The molecule has 2 fully saturated rings. The molecule has 0 spiro atoms. The van der Waals surface area contributed by atoms with Gasteiger partial charge in [-0.1, -0.05) is 12.8 Å². The molecule has 4 rings (SSSR count). The quantitative estimate of drug-likeness (QED) is 0.833. The van der Waals surface area contributed by atoms with E-state index in [9.17, 15) is 14.0 Å². The Bertz CT molecular complexity index is 842. The van der Waals surface area contributed by atoms with Gasteiger partial charge in [0, 0.05) is 18.0 Å². The second kappa shape index (κ2) is 8.24. The number of aliphatic imine (C=N–C) groups is 2. The Morgan fingerprint density at radius 2 is 1.82 bits per heavy atom. The molecule has 1 aromatic heterocycles. The summed E-state index contributed by atoms with van der Waals surface area (Å²) in [6.45, 7) is 0. The lowest BCUT2D eigenvalue weighted by Gasteiger charge is -2.32. The molecule has 3 aliphatic rings. The smallest absolute Gasteiger partial charge is 0.279 e. The van der Waals surface area contributed by atoms with Crippen molar-refractivity contribution in [3.63, 3.8) is 0 Å². The van der Waals surface area contributed by atoms with E-state index in [1.54, 1.807) is 6.07 Å². The zero-order chi connectivity index (χ0) is 19.5. The van der Waals surface area contributed by atoms with Gasteiger partial charge in [-0.3, -0.25) is 14.6 Å². The predicted molar refractivity (Wildman–Crippen MR) is 105 cm³/mol. The molecule has 28 heavy (non-hydrogen) atoms. The summed E-state index contributed by atoms with van der Waals surface area (Å²) in [5, 5.41) is 2.71. The molecule has 0 bridgehead atoms. The van der Waals surface area contributed by atoms with Crippen LogP contribution in [0.3, 0.4) is 0 Å². The van der Waals surface area contributed by atoms with Crippen LogP contribution < -0.4 is 10.9 Å². The van der Waals surface area contributed by atoms with Crippen molar-refractivity contribution in [1.82, 2.24) is 4.98 Å². The van der Waals surface area contributed by atoms with Gasteiger partial charge in [0.25, 0.3) is 5.91 Å². The number of aromatic amines is 1. The molecule has 0 radical (unpaired) electrons. The molecule has 1 aromatic rings. The lowest BCUT2D eigenvalue weighted by atomic mass is 9.90. The van der Waals surface area contributed by atoms with Crippen molar-refractivity contribution >= 4 is 23.2 Å². The van der Waals surface area contributed by atoms with Crippen LogP contribution in [0.2, 0.25) is 0 Å². The molecule has 8 heteroatoms. The fraction of sp³-hybridized carbons (Fsp3) is 0.600. The number of alkyl halides is 1. The predicted octanol–water partition coefficient (Wildman–Crippen LogP) is 2.78. The largest absolute Gasteiger partial charge is 0.473 e. The van der Waals surface area contributed by atoms with Crippen molar-refractivity contribution in [2.24, 2.45) is 9.98 Å². The van der Waals surface area contributed by atoms with Gasteiger partial charge in [-0.05, 0) is 44.6 Å². The second-order valence-corrected chi connectivity index (χ2v) is 7.72. The number of carbonyl (C=O) groups is 1. The third kappa shape index (κ3) is 4.31. The number of hydrogen-bond acceptors (Lipinski definition) is 5. The van der Waals surface area contributed by atoms with Crippen LogP contribution in [0.4, 0.5) is 10.1 Å². The number of fused-ring (bicyclic) bond motifs is 1. The first-order valence-corrected chi connectivity index (χ1v) is 10.1. The van der Waals surface area contributed by atoms with E-state index in [1.165, 1.54) is 12.3 Å². The molecule has 2 saturated carbocycles. The van der Waals surface area contributed by atoms with Gasteiger partial charge >= 0.3 is 0 Å². The van der Waals surface area contributed by atoms with Crippen molar-refractivity contribution in [2.45, 2.75) is 75.7 Å². The number of halogens is 1. The Morgan fingerprint density at radius 3 is 2.54 bits per heavy atom. The molecule has 0 saturated heterocycles. The summed E-state index contributed by atoms with van der Waals surface area (Å²) in [4.78, 5) is 36.3. The van der Waals surface area contributed by atoms with Gasteiger partial charge in [0.1, 0.15) is 12.3 Å². The summed E-state index contributed by atoms with van der Waals surface area (Å²) in [5.74, 6) is -0.180. The van der Waals surface area contributed by atoms with Crippen LogP contribution in [0, 0.1) is 0 Å². The number of rotatable bonds is 3. The Kier molecular flexibility index (Phi) is 5.54. The maximum atomic E-state index is 13.4. The zero-order valence-electron chi connectivity index (χ0n) is 15.7. The lowest BCUT2D eigenvalue weighted by molar-refractivity contribution is -0.110. The summed E-state index contributed by atoms with van der Waals surface area (Å²) >= 11 is 0. The van der Waals surface area contributed by atoms with Crippen molar-refractivity contribution < 1.29 is 13.9 Å². The normalized spacial score (nSPS) is 29.9. The average Bonchev–Trinajstić information content (AvgIpc) is 2.69. The van der Waals surface area contributed by atoms with Gasteiger partial charge in [-0.25, -0.2) is 9.38 Å². The number of amides is 1. The average molecular weight is 388 g/mol. The Morgan fingerprint density at radius 1 is 1.11 bits per heavy atom. The van der Waals surface area contributed by atoms with Crippen molar-refractivity contribution in [1.29, 1.82) is 0 Å². The third-order valence-corrected chi connectivity index (χ3v) is 5.60. The summed E-state index contributed by atoms with van der Waals surface area (Å²) in [6.07, 6.45) is 6.69. The van der Waals surface area contributed by atoms with Crippen LogP contribution in [-0.4, -0.2) is 46.9 Å². The van der Waals surface area contributed by atoms with Crippen molar-refractivity contribution in [3.8, 4) is 0 Å². The molecular formula is C20H25FN4O3. The van der Waals surface area contributed by atoms with Gasteiger partial charge in [0.2, 0.25) is 11.5 Å². The van der Waals surface area contributed by atoms with Crippen LogP contribution in [-0.2, 0) is 9.53 Å². The highest BCUT2D eigenvalue weighted by Crippen LogP contribution is 2.29. The van der Waals surface area contributed by atoms with Crippen LogP contribution in [0.1, 0.15) is 51.4 Å². The van der Waals surface area contributed by atoms with E-state index in [0.717, 1.165) is 25.7 Å². The monoisotopic (exact) mass is 388 g/mol. The Hall–Kier alpha value is -2.51. The first kappa shape index (κ1) is 18.8. The number of aromatic nitrogens is 1. The van der Waals surface area contributed by atoms with Gasteiger partial charge in [0.15, 0.2) is 5.71 Å². The maximum absolute atomic E-state index is 13.4. The number of hydrogen-bond donors (Lipinski definition) is 2. The second-order valence-electron chi connectivity index (χ2n) is 7.72. The number of ether oxygens (including phenoxy) is 1. The van der Waals surface area contributed by atoms with Crippen molar-refractivity contribution in [3.05, 3.63) is 28.7 Å². The molecule has 1 amide bonds. The molecule has 2 N–H and O–H groups in total. The van der Waals surface area contributed by atoms with E-state index in [1.807, 2.05) is 0 Å². The van der Waals surface area contributed by atoms with Crippen molar-refractivity contribution in [2.75, 3.05) is 5.32 Å². The summed E-state index contributed by atoms with van der Waals surface area (Å²) in [5.41, 5.74) is 0.258. The highest BCUT2D eigenvalue weighted by atomic mass is 19.1. The van der Waals surface area contributed by atoms with E-state index >= 15 is 0 Å². The SMILES string of the molecule is O=C(Nc1cc[nH]c(=O)c1)C1=NC2CCCCC2N=C1OC1CCC(F)CC1. The number of anilines is 1. The number of nitrogens with zero attached hydrogens (tertiary/aromatic N) is 2. The van der Waals surface area contributed by atoms with Crippen LogP contribution in [0.15, 0.2) is 33.1 Å². The molecule has 2 heterocycles. The third-order valence-electron chi connectivity index (χ3n) is 5.60. The van der Waals surface area contributed by atoms with Gasteiger partial charge in [-0.15, -0.1) is 0 Å². The number of H-pyrrole nitrogens is 1. The highest BCUT2D eigenvalue weighted by Gasteiger charge is 2.35. The molecule has 2 atom stereocenters. The minimum atomic E-state index is -0.775. The molecule has 7 nitrogen and oxygen atoms in total. The first-order valence-electron chi connectivity index (χ1n) is 10.1. The van der Waals surface area contributed by atoms with Crippen LogP contribution >= 0.6 is 0 Å². The van der Waals surface area contributed by atoms with Gasteiger partial charge in [-0.2, -0.15) is 0 Å². The molecule has 2 aliphatic carbocycles. The van der Waals surface area contributed by atoms with E-state index in [4.69, 9.17) is 9.73 Å². The summed E-state index contributed by atoms with van der Waals surface area (Å²) in [6, 6.07) is 2.94. The Balaban J connectivity index is 1.54. The minimum Gasteiger partial charge on any atom is -0.473 e. The number of nitrogens with one attached hydrogen (secondary N) is 2. The van der Waals surface area contributed by atoms with Crippen LogP contribution in [0.5, 0.6) is 0 Å². The molecule has 2 unspecified atom stereocenters. The van der Waals surface area contributed by atoms with Crippen LogP contribution in [0.25, 0.3) is 0 Å². The zero-order valence-corrected chi connectivity index (χ0v) is 15.7. The summed E-state index contributed by atoms with van der Waals surface area (Å²) < 4.78 is 19.5. The van der Waals surface area contributed by atoms with Gasteiger partial charge in [0.05, 0.1) is 12.1 Å². The topological polar surface area (TPSA) is 95.9 Å². The number of carbonyl (C=O) groups excluding carboxylic acids is 1. The fourth-order valence-corrected chi connectivity index (χ4v) is 4.08. The number of pyridine rings is 1. The lowest BCUT2D eigenvalue weighted by Crippen LogP contribution is -2.43. The maximum Gasteiger partial charge on any atom is 0.279 e. The van der Waals surface area contributed by atoms with E-state index in [-0.39, 0.29) is 35.4 Å². The first-order chi connectivity index (χ1) is 13.6. The standard InChI is InChI=1S/C20H25FN4O3/c21-12-5-7-14(8-6-12)28-20-18(24-15-3-1-2-4-16(15)25-20)19(27)23-13-9-10-22-17(26)11-13/h9-12,14-16H,1-8H2,(H2,22,23,26,27). The minimum absolute atomic E-state index is 0.0115. The fourth-order valence-electron chi connectivity index (χ4n) is 4.08. The molecule has 1 aliphatic heterocycles. The Labute approximate surface area is 162 Å². The van der Waals surface area contributed by atoms with E-state index < -0.39 is 12.1 Å². The van der Waals surface area contributed by atoms with Gasteiger partial charge < -0.3 is 15.0 Å². The van der Waals surface area contributed by atoms with E-state index in [0.29, 0.717) is 31.4 Å².